The van der Waals surface area contributed by atoms with Crippen LogP contribution in [-0.4, -0.2) is 16.3 Å². The molecule has 1 aromatic carbocycles. The van der Waals surface area contributed by atoms with Crippen LogP contribution in [0.15, 0.2) is 30.6 Å². The molecular formula is C14H12ClF2NO2. The van der Waals surface area contributed by atoms with Gasteiger partial charge in [-0.1, -0.05) is 11.6 Å². The summed E-state index contributed by atoms with van der Waals surface area (Å²) in [4.78, 5) is 0. The van der Waals surface area contributed by atoms with Crippen LogP contribution < -0.4 is 0 Å². The molecule has 3 rings (SSSR count). The molecule has 0 bridgehead atoms. The van der Waals surface area contributed by atoms with Crippen LogP contribution in [0, 0.1) is 17.6 Å². The van der Waals surface area contributed by atoms with Crippen molar-refractivity contribution in [3.8, 4) is 5.75 Å². The SMILES string of the molecule is Oc1ccn(C[C@@H]2CO[C@H]2c2cc(F)c(Cl)cc2F)c1. The van der Waals surface area contributed by atoms with E-state index in [1.54, 1.807) is 23.0 Å². The molecule has 1 fully saturated rings. The van der Waals surface area contributed by atoms with Crippen LogP contribution in [-0.2, 0) is 11.3 Å². The predicted octanol–water partition coefficient (Wildman–Crippen LogP) is 3.51. The van der Waals surface area contributed by atoms with E-state index in [1.165, 1.54) is 0 Å². The highest BCUT2D eigenvalue weighted by atomic mass is 35.5. The normalized spacial score (nSPS) is 21.8. The Bertz CT molecular complexity index is 644. The number of nitrogens with zero attached hydrogens (tertiary/aromatic N) is 1. The van der Waals surface area contributed by atoms with Crippen molar-refractivity contribution >= 4 is 11.6 Å². The fourth-order valence-corrected chi connectivity index (χ4v) is 2.54. The number of hydrogen-bond donors (Lipinski definition) is 1. The van der Waals surface area contributed by atoms with Crippen LogP contribution in [0.2, 0.25) is 5.02 Å². The maximum absolute atomic E-state index is 13.8. The smallest absolute Gasteiger partial charge is 0.142 e. The van der Waals surface area contributed by atoms with Gasteiger partial charge in [-0.05, 0) is 18.2 Å². The molecule has 1 N–H and O–H groups in total. The standard InChI is InChI=1S/C14H12ClF2NO2/c15-11-4-12(16)10(3-13(11)17)14-8(7-20-14)5-18-2-1-9(19)6-18/h1-4,6,8,14,19H,5,7H2/t8-,14-/m1/s1. The summed E-state index contributed by atoms with van der Waals surface area (Å²) in [6.07, 6.45) is 2.81. The van der Waals surface area contributed by atoms with Crippen LogP contribution in [0.3, 0.4) is 0 Å². The molecule has 2 aromatic rings. The van der Waals surface area contributed by atoms with Crippen LogP contribution in [0.4, 0.5) is 8.78 Å². The molecule has 1 saturated heterocycles. The average molecular weight is 300 g/mol. The molecule has 6 heteroatoms. The van der Waals surface area contributed by atoms with Gasteiger partial charge in [-0.2, -0.15) is 0 Å². The van der Waals surface area contributed by atoms with Gasteiger partial charge in [0, 0.05) is 30.4 Å². The fourth-order valence-electron chi connectivity index (χ4n) is 2.39. The Morgan fingerprint density at radius 3 is 2.75 bits per heavy atom. The van der Waals surface area contributed by atoms with E-state index < -0.39 is 17.7 Å². The van der Waals surface area contributed by atoms with Crippen molar-refractivity contribution in [3.05, 3.63) is 52.8 Å². The third-order valence-corrected chi connectivity index (χ3v) is 3.73. The Morgan fingerprint density at radius 2 is 2.15 bits per heavy atom. The van der Waals surface area contributed by atoms with Gasteiger partial charge in [0.2, 0.25) is 0 Å². The van der Waals surface area contributed by atoms with E-state index in [1.807, 2.05) is 0 Å². The summed E-state index contributed by atoms with van der Waals surface area (Å²) in [6.45, 7) is 1.03. The van der Waals surface area contributed by atoms with Crippen molar-refractivity contribution in [2.24, 2.45) is 5.92 Å². The molecule has 20 heavy (non-hydrogen) atoms. The molecule has 1 aromatic heterocycles. The Hall–Kier alpha value is -1.59. The van der Waals surface area contributed by atoms with E-state index in [2.05, 4.69) is 0 Å². The molecular weight excluding hydrogens is 288 g/mol. The van der Waals surface area contributed by atoms with Crippen LogP contribution in [0.5, 0.6) is 5.75 Å². The first-order chi connectivity index (χ1) is 9.54. The molecule has 106 valence electrons. The van der Waals surface area contributed by atoms with Crippen molar-refractivity contribution in [2.75, 3.05) is 6.61 Å². The monoisotopic (exact) mass is 299 g/mol. The third-order valence-electron chi connectivity index (χ3n) is 3.44. The van der Waals surface area contributed by atoms with Crippen molar-refractivity contribution in [1.82, 2.24) is 4.57 Å². The van der Waals surface area contributed by atoms with Gasteiger partial charge in [-0.15, -0.1) is 0 Å². The second-order valence-corrected chi connectivity index (χ2v) is 5.28. The maximum Gasteiger partial charge on any atom is 0.142 e. The predicted molar refractivity (Wildman–Crippen MR) is 69.6 cm³/mol. The Labute approximate surface area is 119 Å². The number of rotatable bonds is 3. The molecule has 2 atom stereocenters. The lowest BCUT2D eigenvalue weighted by molar-refractivity contribution is -0.125. The van der Waals surface area contributed by atoms with Gasteiger partial charge in [0.15, 0.2) is 0 Å². The zero-order valence-electron chi connectivity index (χ0n) is 10.4. The van der Waals surface area contributed by atoms with Gasteiger partial charge >= 0.3 is 0 Å². The quantitative estimate of drug-likeness (QED) is 0.880. The number of halogens is 3. The molecule has 1 aliphatic heterocycles. The highest BCUT2D eigenvalue weighted by Gasteiger charge is 2.36. The van der Waals surface area contributed by atoms with Crippen LogP contribution >= 0.6 is 11.6 Å². The first-order valence-electron chi connectivity index (χ1n) is 6.15. The highest BCUT2D eigenvalue weighted by molar-refractivity contribution is 6.30. The van der Waals surface area contributed by atoms with E-state index in [-0.39, 0.29) is 22.3 Å². The van der Waals surface area contributed by atoms with Crippen molar-refractivity contribution in [3.63, 3.8) is 0 Å². The fraction of sp³-hybridized carbons (Fsp3) is 0.286. The van der Waals surface area contributed by atoms with Crippen LogP contribution in [0.25, 0.3) is 0 Å². The number of ether oxygens (including phenoxy) is 1. The topological polar surface area (TPSA) is 34.4 Å². The van der Waals surface area contributed by atoms with E-state index in [0.717, 1.165) is 12.1 Å². The van der Waals surface area contributed by atoms with Gasteiger partial charge in [0.1, 0.15) is 17.4 Å². The van der Waals surface area contributed by atoms with Crippen molar-refractivity contribution in [1.29, 1.82) is 0 Å². The first-order valence-corrected chi connectivity index (χ1v) is 6.53. The number of aromatic hydroxyl groups is 1. The third kappa shape index (κ3) is 2.39. The summed E-state index contributed by atoms with van der Waals surface area (Å²) in [5.74, 6) is -1.03. The summed E-state index contributed by atoms with van der Waals surface area (Å²) < 4.78 is 34.4. The van der Waals surface area contributed by atoms with Crippen molar-refractivity contribution in [2.45, 2.75) is 12.6 Å². The minimum absolute atomic E-state index is 0.0249. The second kappa shape index (κ2) is 5.07. The molecule has 2 heterocycles. The molecule has 0 radical (unpaired) electrons. The second-order valence-electron chi connectivity index (χ2n) is 4.87. The summed E-state index contributed by atoms with van der Waals surface area (Å²) in [5, 5.41) is 9.04. The largest absolute Gasteiger partial charge is 0.506 e. The lowest BCUT2D eigenvalue weighted by Gasteiger charge is -2.37. The van der Waals surface area contributed by atoms with E-state index >= 15 is 0 Å². The van der Waals surface area contributed by atoms with Gasteiger partial charge in [0.25, 0.3) is 0 Å². The molecule has 3 nitrogen and oxygen atoms in total. The molecule has 0 aliphatic carbocycles. The van der Waals surface area contributed by atoms with Gasteiger partial charge in [-0.25, -0.2) is 8.78 Å². The minimum atomic E-state index is -0.657. The summed E-state index contributed by atoms with van der Waals surface area (Å²) in [5.41, 5.74) is 0.180. The van der Waals surface area contributed by atoms with Crippen LogP contribution in [0.1, 0.15) is 11.7 Å². The van der Waals surface area contributed by atoms with E-state index in [9.17, 15) is 13.9 Å². The molecule has 0 spiro atoms. The Kier molecular flexibility index (Phi) is 3.40. The van der Waals surface area contributed by atoms with Crippen molar-refractivity contribution < 1.29 is 18.6 Å². The zero-order chi connectivity index (χ0) is 14.3. The summed E-state index contributed by atoms with van der Waals surface area (Å²) >= 11 is 5.53. The van der Waals surface area contributed by atoms with Gasteiger partial charge in [0.05, 0.1) is 17.7 Å². The van der Waals surface area contributed by atoms with Gasteiger partial charge in [-0.3, -0.25) is 0 Å². The van der Waals surface area contributed by atoms with Gasteiger partial charge < -0.3 is 14.4 Å². The highest BCUT2D eigenvalue weighted by Crippen LogP contribution is 2.39. The lowest BCUT2D eigenvalue weighted by Crippen LogP contribution is -2.36. The Morgan fingerprint density at radius 1 is 1.35 bits per heavy atom. The summed E-state index contributed by atoms with van der Waals surface area (Å²) in [6, 6.07) is 3.62. The number of aromatic nitrogens is 1. The lowest BCUT2D eigenvalue weighted by atomic mass is 9.91. The molecule has 1 aliphatic rings. The number of benzene rings is 1. The van der Waals surface area contributed by atoms with E-state index in [0.29, 0.717) is 13.2 Å². The average Bonchev–Trinajstić information content (AvgIpc) is 2.77. The first kappa shape index (κ1) is 13.4. The Balaban J connectivity index is 1.79. The maximum atomic E-state index is 13.8. The molecule has 0 saturated carbocycles. The zero-order valence-corrected chi connectivity index (χ0v) is 11.1. The molecule has 0 amide bonds. The van der Waals surface area contributed by atoms with E-state index in [4.69, 9.17) is 16.3 Å². The minimum Gasteiger partial charge on any atom is -0.506 e. The molecule has 0 unspecified atom stereocenters. The summed E-state index contributed by atoms with van der Waals surface area (Å²) in [7, 11) is 0. The number of hydrogen-bond acceptors (Lipinski definition) is 2.